The van der Waals surface area contributed by atoms with Crippen LogP contribution < -0.4 is 5.32 Å². The van der Waals surface area contributed by atoms with Crippen LogP contribution in [0.15, 0.2) is 65.2 Å². The Bertz CT molecular complexity index is 926. The van der Waals surface area contributed by atoms with E-state index in [1.807, 2.05) is 30.3 Å². The Morgan fingerprint density at radius 2 is 2.04 bits per heavy atom. The summed E-state index contributed by atoms with van der Waals surface area (Å²) in [5.41, 5.74) is 2.36. The van der Waals surface area contributed by atoms with E-state index in [1.165, 1.54) is 5.56 Å². The van der Waals surface area contributed by atoms with E-state index in [0.29, 0.717) is 10.8 Å². The lowest BCUT2D eigenvalue weighted by Gasteiger charge is -2.16. The zero-order valence-corrected chi connectivity index (χ0v) is 15.5. The molecule has 0 saturated carbocycles. The maximum absolute atomic E-state index is 12.5. The van der Waals surface area contributed by atoms with Gasteiger partial charge in [-0.15, -0.1) is 0 Å². The van der Waals surface area contributed by atoms with Crippen molar-refractivity contribution in [3.63, 3.8) is 0 Å². The van der Waals surface area contributed by atoms with Gasteiger partial charge in [0, 0.05) is 42.3 Å². The summed E-state index contributed by atoms with van der Waals surface area (Å²) in [6, 6.07) is 19.4. The van der Waals surface area contributed by atoms with Crippen molar-refractivity contribution in [2.24, 2.45) is 0 Å². The molecule has 1 unspecified atom stereocenters. The predicted octanol–water partition coefficient (Wildman–Crippen LogP) is 4.00. The Morgan fingerprint density at radius 1 is 1.19 bits per heavy atom. The van der Waals surface area contributed by atoms with Crippen molar-refractivity contribution < 1.29 is 9.32 Å². The van der Waals surface area contributed by atoms with E-state index in [9.17, 15) is 4.79 Å². The summed E-state index contributed by atoms with van der Waals surface area (Å²) in [7, 11) is 0. The zero-order valence-electron chi connectivity index (χ0n) is 14.8. The molecule has 1 aliphatic rings. The van der Waals surface area contributed by atoms with Gasteiger partial charge in [0.1, 0.15) is 0 Å². The second-order valence-electron chi connectivity index (χ2n) is 6.77. The quantitative estimate of drug-likeness (QED) is 0.725. The van der Waals surface area contributed by atoms with Crippen molar-refractivity contribution in [3.05, 3.63) is 76.9 Å². The Balaban J connectivity index is 1.35. The van der Waals surface area contributed by atoms with Crippen LogP contribution in [-0.4, -0.2) is 35.1 Å². The van der Waals surface area contributed by atoms with Crippen molar-refractivity contribution in [2.75, 3.05) is 13.1 Å². The number of amides is 1. The monoisotopic (exact) mass is 381 g/mol. The summed E-state index contributed by atoms with van der Waals surface area (Å²) in [4.78, 5) is 14.8. The first-order valence-electron chi connectivity index (χ1n) is 8.97. The molecule has 1 aliphatic heterocycles. The fraction of sp³-hybridized carbons (Fsp3) is 0.238. The van der Waals surface area contributed by atoms with Crippen molar-refractivity contribution >= 4 is 17.5 Å². The van der Waals surface area contributed by atoms with Crippen molar-refractivity contribution in [1.82, 2.24) is 15.4 Å². The molecule has 1 atom stereocenters. The summed E-state index contributed by atoms with van der Waals surface area (Å²) in [5, 5.41) is 7.58. The molecule has 1 amide bonds. The summed E-state index contributed by atoms with van der Waals surface area (Å²) in [5.74, 6) is 0.318. The van der Waals surface area contributed by atoms with Gasteiger partial charge in [0.25, 0.3) is 5.91 Å². The average molecular weight is 382 g/mol. The van der Waals surface area contributed by atoms with E-state index in [-0.39, 0.29) is 17.6 Å². The van der Waals surface area contributed by atoms with Gasteiger partial charge in [-0.2, -0.15) is 0 Å². The lowest BCUT2D eigenvalue weighted by molar-refractivity contribution is 0.0928. The van der Waals surface area contributed by atoms with E-state index in [1.54, 1.807) is 18.2 Å². The van der Waals surface area contributed by atoms with Gasteiger partial charge in [-0.05, 0) is 24.1 Å². The minimum Gasteiger partial charge on any atom is -0.355 e. The van der Waals surface area contributed by atoms with E-state index in [2.05, 4.69) is 27.5 Å². The molecule has 0 radical (unpaired) electrons. The second-order valence-corrected chi connectivity index (χ2v) is 7.20. The molecule has 4 rings (SSSR count). The molecule has 6 heteroatoms. The van der Waals surface area contributed by atoms with Crippen LogP contribution in [0.3, 0.4) is 0 Å². The number of carbonyl (C=O) groups excluding carboxylic acids is 1. The number of benzene rings is 2. The Kier molecular flexibility index (Phi) is 5.23. The molecule has 2 aromatic carbocycles. The Morgan fingerprint density at radius 3 is 2.85 bits per heavy atom. The van der Waals surface area contributed by atoms with Crippen molar-refractivity contribution in [1.29, 1.82) is 0 Å². The molecule has 0 aliphatic carbocycles. The third kappa shape index (κ3) is 4.38. The number of likely N-dealkylation sites (tertiary alicyclic amines) is 1. The molecule has 5 nitrogen and oxygen atoms in total. The highest BCUT2D eigenvalue weighted by Gasteiger charge is 2.25. The summed E-state index contributed by atoms with van der Waals surface area (Å²) in [6.45, 7) is 2.70. The van der Waals surface area contributed by atoms with E-state index in [0.717, 1.165) is 31.6 Å². The van der Waals surface area contributed by atoms with Crippen LogP contribution in [0.25, 0.3) is 11.3 Å². The highest BCUT2D eigenvalue weighted by atomic mass is 35.5. The number of hydrogen-bond donors (Lipinski definition) is 1. The average Bonchev–Trinajstić information content (AvgIpc) is 3.32. The number of nitrogens with one attached hydrogen (secondary N) is 1. The van der Waals surface area contributed by atoms with Gasteiger partial charge in [-0.1, -0.05) is 59.2 Å². The van der Waals surface area contributed by atoms with E-state index >= 15 is 0 Å². The summed E-state index contributed by atoms with van der Waals surface area (Å²) < 4.78 is 5.31. The summed E-state index contributed by atoms with van der Waals surface area (Å²) >= 11 is 6.00. The highest BCUT2D eigenvalue weighted by molar-refractivity contribution is 6.30. The molecular weight excluding hydrogens is 362 g/mol. The molecule has 1 aromatic heterocycles. The fourth-order valence-electron chi connectivity index (χ4n) is 3.36. The molecule has 0 bridgehead atoms. The Labute approximate surface area is 162 Å². The normalized spacial score (nSPS) is 17.1. The van der Waals surface area contributed by atoms with Crippen LogP contribution in [0.1, 0.15) is 22.5 Å². The molecule has 1 N–H and O–H groups in total. The van der Waals surface area contributed by atoms with Crippen LogP contribution in [0.2, 0.25) is 5.02 Å². The van der Waals surface area contributed by atoms with E-state index in [4.69, 9.17) is 16.1 Å². The molecule has 27 heavy (non-hydrogen) atoms. The van der Waals surface area contributed by atoms with Crippen LogP contribution in [0.4, 0.5) is 0 Å². The van der Waals surface area contributed by atoms with Crippen molar-refractivity contribution in [3.8, 4) is 11.3 Å². The first-order chi connectivity index (χ1) is 13.2. The highest BCUT2D eigenvalue weighted by Crippen LogP contribution is 2.23. The van der Waals surface area contributed by atoms with Gasteiger partial charge in [0.05, 0.1) is 0 Å². The molecule has 1 saturated heterocycles. The Hall–Kier alpha value is -2.63. The standard InChI is InChI=1S/C21H20ClN3O2/c22-17-8-4-7-16(11-17)20-12-19(24-27-20)21(26)23-18-9-10-25(14-18)13-15-5-2-1-3-6-15/h1-8,11-12,18H,9-10,13-14H2,(H,23,26). The maximum Gasteiger partial charge on any atom is 0.273 e. The number of carbonyl (C=O) groups is 1. The molecular formula is C21H20ClN3O2. The number of halogens is 1. The molecule has 2 heterocycles. The number of aromatic nitrogens is 1. The maximum atomic E-state index is 12.5. The summed E-state index contributed by atoms with van der Waals surface area (Å²) in [6.07, 6.45) is 0.928. The first-order valence-corrected chi connectivity index (χ1v) is 9.35. The lowest BCUT2D eigenvalue weighted by Crippen LogP contribution is -2.37. The molecule has 138 valence electrons. The zero-order chi connectivity index (χ0) is 18.6. The van der Waals surface area contributed by atoms with E-state index < -0.39 is 0 Å². The van der Waals surface area contributed by atoms with Crippen molar-refractivity contribution in [2.45, 2.75) is 19.0 Å². The topological polar surface area (TPSA) is 58.4 Å². The van der Waals surface area contributed by atoms with Gasteiger partial charge in [0.15, 0.2) is 11.5 Å². The minimum absolute atomic E-state index is 0.118. The van der Waals surface area contributed by atoms with Gasteiger partial charge in [-0.25, -0.2) is 0 Å². The third-order valence-electron chi connectivity index (χ3n) is 4.71. The smallest absolute Gasteiger partial charge is 0.273 e. The van der Waals surface area contributed by atoms with Crippen LogP contribution in [-0.2, 0) is 6.54 Å². The molecule has 3 aromatic rings. The van der Waals surface area contributed by atoms with Gasteiger partial charge in [0.2, 0.25) is 0 Å². The predicted molar refractivity (Wildman–Crippen MR) is 105 cm³/mol. The third-order valence-corrected chi connectivity index (χ3v) is 4.94. The van der Waals surface area contributed by atoms with Gasteiger partial charge >= 0.3 is 0 Å². The van der Waals surface area contributed by atoms with Crippen LogP contribution in [0.5, 0.6) is 0 Å². The minimum atomic E-state index is -0.210. The largest absolute Gasteiger partial charge is 0.355 e. The van der Waals surface area contributed by atoms with Crippen LogP contribution >= 0.6 is 11.6 Å². The number of hydrogen-bond acceptors (Lipinski definition) is 4. The number of rotatable bonds is 5. The molecule has 0 spiro atoms. The van der Waals surface area contributed by atoms with Gasteiger partial charge in [-0.3, -0.25) is 9.69 Å². The second kappa shape index (κ2) is 7.94. The first kappa shape index (κ1) is 17.8. The lowest BCUT2D eigenvalue weighted by atomic mass is 10.1. The number of nitrogens with zero attached hydrogens (tertiary/aromatic N) is 2. The fourth-order valence-corrected chi connectivity index (χ4v) is 3.55. The van der Waals surface area contributed by atoms with Gasteiger partial charge < -0.3 is 9.84 Å². The molecule has 1 fully saturated rings. The van der Waals surface area contributed by atoms with Crippen LogP contribution in [0, 0.1) is 0 Å². The SMILES string of the molecule is O=C(NC1CCN(Cc2ccccc2)C1)c1cc(-c2cccc(Cl)c2)on1.